The Morgan fingerprint density at radius 2 is 2.03 bits per heavy atom. The minimum atomic E-state index is -0.215. The summed E-state index contributed by atoms with van der Waals surface area (Å²) in [7, 11) is 0. The molecular formula is C25H27FN4. The van der Waals surface area contributed by atoms with Gasteiger partial charge in [-0.3, -0.25) is 4.98 Å². The smallest absolute Gasteiger partial charge is 0.123 e. The zero-order valence-electron chi connectivity index (χ0n) is 17.3. The van der Waals surface area contributed by atoms with Crippen LogP contribution in [0.25, 0.3) is 5.69 Å². The van der Waals surface area contributed by atoms with Crippen molar-refractivity contribution >= 4 is 0 Å². The summed E-state index contributed by atoms with van der Waals surface area (Å²) in [6.45, 7) is 4.30. The predicted octanol–water partition coefficient (Wildman–Crippen LogP) is 4.60. The van der Waals surface area contributed by atoms with Crippen LogP contribution in [0.2, 0.25) is 0 Å². The Balaban J connectivity index is 1.28. The van der Waals surface area contributed by atoms with Gasteiger partial charge in [0.15, 0.2) is 0 Å². The van der Waals surface area contributed by atoms with E-state index in [1.165, 1.54) is 36.2 Å². The predicted molar refractivity (Wildman–Crippen MR) is 116 cm³/mol. The molecule has 2 aliphatic rings. The molecule has 2 aliphatic carbocycles. The maximum atomic E-state index is 13.3. The maximum absolute atomic E-state index is 13.3. The number of rotatable bonds is 6. The number of nitrogens with zero attached hydrogens (tertiary/aromatic N) is 3. The SMILES string of the molecule is C[C@@H]1C2=C(CC[C@@H]2CNCCc2ccccn2)Cc2c1cnn2-c1ccc(F)cc1. The molecule has 1 aromatic carbocycles. The van der Waals surface area contributed by atoms with Gasteiger partial charge >= 0.3 is 0 Å². The Hall–Kier alpha value is -2.79. The van der Waals surface area contributed by atoms with Crippen molar-refractivity contribution in [2.24, 2.45) is 5.92 Å². The van der Waals surface area contributed by atoms with E-state index in [0.29, 0.717) is 11.8 Å². The number of hydrogen-bond donors (Lipinski definition) is 1. The van der Waals surface area contributed by atoms with Crippen molar-refractivity contribution in [2.75, 3.05) is 13.1 Å². The van der Waals surface area contributed by atoms with Crippen LogP contribution in [0.3, 0.4) is 0 Å². The third-order valence-electron chi connectivity index (χ3n) is 6.60. The minimum Gasteiger partial charge on any atom is -0.316 e. The van der Waals surface area contributed by atoms with Crippen molar-refractivity contribution in [2.45, 2.75) is 38.5 Å². The van der Waals surface area contributed by atoms with Gasteiger partial charge in [-0.15, -0.1) is 0 Å². The van der Waals surface area contributed by atoms with Gasteiger partial charge in [-0.05, 0) is 55.2 Å². The lowest BCUT2D eigenvalue weighted by Gasteiger charge is -2.27. The fraction of sp³-hybridized carbons (Fsp3) is 0.360. The van der Waals surface area contributed by atoms with E-state index in [-0.39, 0.29) is 5.82 Å². The van der Waals surface area contributed by atoms with Crippen molar-refractivity contribution in [3.8, 4) is 5.69 Å². The number of allylic oxidation sites excluding steroid dienone is 1. The summed E-state index contributed by atoms with van der Waals surface area (Å²) in [4.78, 5) is 4.40. The van der Waals surface area contributed by atoms with Crippen molar-refractivity contribution in [3.05, 3.63) is 88.8 Å². The number of fused-ring (bicyclic) bond motifs is 1. The van der Waals surface area contributed by atoms with Crippen molar-refractivity contribution < 1.29 is 4.39 Å². The molecule has 30 heavy (non-hydrogen) atoms. The normalized spacial score (nSPS) is 20.3. The van der Waals surface area contributed by atoms with Crippen LogP contribution in [0.1, 0.15) is 42.6 Å². The molecule has 154 valence electrons. The van der Waals surface area contributed by atoms with Crippen molar-refractivity contribution in [1.82, 2.24) is 20.1 Å². The molecule has 4 nitrogen and oxygen atoms in total. The minimum absolute atomic E-state index is 0.215. The van der Waals surface area contributed by atoms with Gasteiger partial charge in [0, 0.05) is 49.3 Å². The lowest BCUT2D eigenvalue weighted by atomic mass is 9.80. The average Bonchev–Trinajstić information content (AvgIpc) is 3.38. The fourth-order valence-electron chi connectivity index (χ4n) is 5.14. The molecule has 1 N–H and O–H groups in total. The molecule has 0 radical (unpaired) electrons. The molecule has 0 unspecified atom stereocenters. The van der Waals surface area contributed by atoms with E-state index in [1.807, 2.05) is 29.2 Å². The van der Waals surface area contributed by atoms with Crippen LogP contribution in [-0.4, -0.2) is 27.9 Å². The second-order valence-corrected chi connectivity index (χ2v) is 8.40. The van der Waals surface area contributed by atoms with E-state index in [2.05, 4.69) is 28.4 Å². The topological polar surface area (TPSA) is 42.7 Å². The Morgan fingerprint density at radius 1 is 1.17 bits per heavy atom. The molecule has 0 spiro atoms. The van der Waals surface area contributed by atoms with Gasteiger partial charge in [-0.25, -0.2) is 9.07 Å². The lowest BCUT2D eigenvalue weighted by Crippen LogP contribution is -2.27. The Bertz CT molecular complexity index is 1050. The zero-order chi connectivity index (χ0) is 20.5. The number of benzene rings is 1. The van der Waals surface area contributed by atoms with Gasteiger partial charge in [0.2, 0.25) is 0 Å². The summed E-state index contributed by atoms with van der Waals surface area (Å²) in [5.74, 6) is 0.774. The molecule has 0 saturated carbocycles. The lowest BCUT2D eigenvalue weighted by molar-refractivity contribution is 0.511. The van der Waals surface area contributed by atoms with Gasteiger partial charge in [-0.1, -0.05) is 24.1 Å². The Kier molecular flexibility index (Phi) is 5.21. The molecule has 0 aliphatic heterocycles. The quantitative estimate of drug-likeness (QED) is 0.484. The molecule has 5 heteroatoms. The molecule has 0 amide bonds. The van der Waals surface area contributed by atoms with Gasteiger partial charge in [0.05, 0.1) is 17.6 Å². The molecule has 5 rings (SSSR count). The van der Waals surface area contributed by atoms with Gasteiger partial charge < -0.3 is 5.32 Å². The standard InChI is InChI=1S/C25H27FN4/c1-17-23-16-29-30(22-9-7-20(26)8-10-22)24(23)14-18-5-6-19(25(17)18)15-27-13-11-21-4-2-3-12-28-21/h2-4,7-10,12,16-17,19,27H,5-6,11,13-15H2,1H3/t17-,19+/m0/s1. The highest BCUT2D eigenvalue weighted by molar-refractivity contribution is 5.47. The molecule has 0 saturated heterocycles. The summed E-state index contributed by atoms with van der Waals surface area (Å²) in [6, 6.07) is 12.7. The van der Waals surface area contributed by atoms with Crippen LogP contribution < -0.4 is 5.32 Å². The molecule has 2 heterocycles. The first-order valence-corrected chi connectivity index (χ1v) is 10.9. The van der Waals surface area contributed by atoms with Gasteiger partial charge in [0.25, 0.3) is 0 Å². The zero-order valence-corrected chi connectivity index (χ0v) is 17.3. The highest BCUT2D eigenvalue weighted by Crippen LogP contribution is 2.46. The van der Waals surface area contributed by atoms with Gasteiger partial charge in [0.1, 0.15) is 5.82 Å². The van der Waals surface area contributed by atoms with Crippen LogP contribution >= 0.6 is 0 Å². The molecular weight excluding hydrogens is 375 g/mol. The highest BCUT2D eigenvalue weighted by atomic mass is 19.1. The summed E-state index contributed by atoms with van der Waals surface area (Å²) in [6.07, 6.45) is 8.17. The number of halogens is 1. The van der Waals surface area contributed by atoms with Crippen LogP contribution in [0.4, 0.5) is 4.39 Å². The first-order valence-electron chi connectivity index (χ1n) is 10.9. The number of aromatic nitrogens is 3. The van der Waals surface area contributed by atoms with Crippen molar-refractivity contribution in [3.63, 3.8) is 0 Å². The molecule has 0 fully saturated rings. The summed E-state index contributed by atoms with van der Waals surface area (Å²) in [5, 5.41) is 8.31. The van der Waals surface area contributed by atoms with Crippen molar-refractivity contribution in [1.29, 1.82) is 0 Å². The largest absolute Gasteiger partial charge is 0.316 e. The summed E-state index contributed by atoms with van der Waals surface area (Å²) < 4.78 is 15.3. The monoisotopic (exact) mass is 402 g/mol. The van der Waals surface area contributed by atoms with Gasteiger partial charge in [-0.2, -0.15) is 5.10 Å². The third-order valence-corrected chi connectivity index (χ3v) is 6.60. The Morgan fingerprint density at radius 3 is 2.83 bits per heavy atom. The van der Waals surface area contributed by atoms with Crippen LogP contribution in [-0.2, 0) is 12.8 Å². The third kappa shape index (κ3) is 3.58. The van der Waals surface area contributed by atoms with Crippen LogP contribution in [0.5, 0.6) is 0 Å². The molecule has 2 atom stereocenters. The number of nitrogens with one attached hydrogen (secondary N) is 1. The van der Waals surface area contributed by atoms with E-state index in [4.69, 9.17) is 0 Å². The first kappa shape index (κ1) is 19.2. The molecule has 2 aromatic heterocycles. The van der Waals surface area contributed by atoms with E-state index >= 15 is 0 Å². The second kappa shape index (κ2) is 8.15. The number of pyridine rings is 1. The summed E-state index contributed by atoms with van der Waals surface area (Å²) in [5.41, 5.74) is 7.84. The second-order valence-electron chi connectivity index (χ2n) is 8.40. The molecule has 3 aromatic rings. The fourth-order valence-corrected chi connectivity index (χ4v) is 5.14. The van der Waals surface area contributed by atoms with Crippen LogP contribution in [0, 0.1) is 11.7 Å². The van der Waals surface area contributed by atoms with E-state index < -0.39 is 0 Å². The molecule has 0 bridgehead atoms. The highest BCUT2D eigenvalue weighted by Gasteiger charge is 2.35. The van der Waals surface area contributed by atoms with E-state index in [0.717, 1.165) is 37.3 Å². The first-order chi connectivity index (χ1) is 14.7. The average molecular weight is 403 g/mol. The summed E-state index contributed by atoms with van der Waals surface area (Å²) >= 11 is 0. The Labute approximate surface area is 176 Å². The van der Waals surface area contributed by atoms with Crippen LogP contribution in [0.15, 0.2) is 66.0 Å². The maximum Gasteiger partial charge on any atom is 0.123 e. The van der Waals surface area contributed by atoms with E-state index in [1.54, 1.807) is 23.3 Å². The number of hydrogen-bond acceptors (Lipinski definition) is 3. The van der Waals surface area contributed by atoms with E-state index in [9.17, 15) is 4.39 Å².